The van der Waals surface area contributed by atoms with E-state index in [1.807, 2.05) is 12.3 Å². The lowest BCUT2D eigenvalue weighted by atomic mass is 9.81. The van der Waals surface area contributed by atoms with Gasteiger partial charge in [0, 0.05) is 40.1 Å². The van der Waals surface area contributed by atoms with Crippen molar-refractivity contribution in [1.29, 1.82) is 0 Å². The third-order valence-corrected chi connectivity index (χ3v) is 13.0. The second kappa shape index (κ2) is 13.7. The number of rotatable bonds is 6. The van der Waals surface area contributed by atoms with Gasteiger partial charge in [-0.05, 0) is 107 Å². The van der Waals surface area contributed by atoms with Crippen molar-refractivity contribution < 1.29 is 0 Å². The molecule has 0 bridgehead atoms. The van der Waals surface area contributed by atoms with Gasteiger partial charge in [-0.1, -0.05) is 178 Å². The van der Waals surface area contributed by atoms with E-state index in [4.69, 9.17) is 9.97 Å². The summed E-state index contributed by atoms with van der Waals surface area (Å²) in [6.45, 7) is 4.67. The molecule has 0 N–H and O–H groups in total. The largest absolute Gasteiger partial charge is 0.264 e. The second-order valence-corrected chi connectivity index (χ2v) is 16.8. The molecular weight excluding hydrogens is 739 g/mol. The first-order valence-corrected chi connectivity index (χ1v) is 21.0. The fraction of sp³-hybridized carbons (Fsp3) is 0.0517. The zero-order valence-electron chi connectivity index (χ0n) is 33.9. The van der Waals surface area contributed by atoms with Crippen molar-refractivity contribution in [1.82, 2.24) is 15.0 Å². The Hall–Kier alpha value is -7.75. The van der Waals surface area contributed by atoms with Gasteiger partial charge in [0.15, 0.2) is 5.82 Å². The van der Waals surface area contributed by atoms with Crippen LogP contribution >= 0.6 is 0 Å². The highest BCUT2D eigenvalue weighted by atomic mass is 14.9. The zero-order chi connectivity index (χ0) is 40.7. The van der Waals surface area contributed by atoms with E-state index in [0.717, 1.165) is 39.2 Å². The van der Waals surface area contributed by atoms with Crippen molar-refractivity contribution in [3.63, 3.8) is 0 Å². The Labute approximate surface area is 355 Å². The molecule has 1 aliphatic rings. The Kier molecular flexibility index (Phi) is 7.88. The molecule has 0 spiro atoms. The lowest BCUT2D eigenvalue weighted by Crippen LogP contribution is -2.14. The Balaban J connectivity index is 0.937. The number of pyridine rings is 1. The van der Waals surface area contributed by atoms with E-state index in [0.29, 0.717) is 5.82 Å². The predicted molar refractivity (Wildman–Crippen MR) is 254 cm³/mol. The molecule has 0 atom stereocenters. The first-order valence-electron chi connectivity index (χ1n) is 21.0. The topological polar surface area (TPSA) is 38.7 Å². The molecule has 0 saturated carbocycles. The van der Waals surface area contributed by atoms with Crippen LogP contribution in [0.1, 0.15) is 25.0 Å². The van der Waals surface area contributed by atoms with E-state index in [9.17, 15) is 0 Å². The van der Waals surface area contributed by atoms with Gasteiger partial charge >= 0.3 is 0 Å². The van der Waals surface area contributed by atoms with Gasteiger partial charge in [-0.25, -0.2) is 9.97 Å². The molecule has 1 aliphatic carbocycles. The van der Waals surface area contributed by atoms with E-state index in [1.54, 1.807) is 6.20 Å². The maximum atomic E-state index is 5.26. The van der Waals surface area contributed by atoms with E-state index in [1.165, 1.54) is 76.8 Å². The van der Waals surface area contributed by atoms with Crippen LogP contribution in [-0.2, 0) is 5.41 Å². The van der Waals surface area contributed by atoms with Crippen molar-refractivity contribution in [2.45, 2.75) is 19.3 Å². The van der Waals surface area contributed by atoms with Crippen LogP contribution in [0, 0.1) is 0 Å². The summed E-state index contributed by atoms with van der Waals surface area (Å²) in [5.41, 5.74) is 17.1. The van der Waals surface area contributed by atoms with Gasteiger partial charge in [0.05, 0.1) is 11.4 Å². The summed E-state index contributed by atoms with van der Waals surface area (Å²) in [4.78, 5) is 14.9. The molecule has 286 valence electrons. The number of benzene rings is 9. The van der Waals surface area contributed by atoms with Gasteiger partial charge < -0.3 is 0 Å². The predicted octanol–water partition coefficient (Wildman–Crippen LogP) is 15.1. The summed E-state index contributed by atoms with van der Waals surface area (Å²) in [5.74, 6) is 0.687. The summed E-state index contributed by atoms with van der Waals surface area (Å²) < 4.78 is 0. The summed E-state index contributed by atoms with van der Waals surface area (Å²) in [7, 11) is 0. The van der Waals surface area contributed by atoms with Gasteiger partial charge in [0.25, 0.3) is 0 Å². The molecule has 9 aromatic carbocycles. The number of hydrogen-bond donors (Lipinski definition) is 0. The van der Waals surface area contributed by atoms with Crippen LogP contribution in [0.5, 0.6) is 0 Å². The smallest absolute Gasteiger partial charge is 0.160 e. The van der Waals surface area contributed by atoms with Crippen LogP contribution in [0.3, 0.4) is 0 Å². The average Bonchev–Trinajstić information content (AvgIpc) is 3.56. The third-order valence-electron chi connectivity index (χ3n) is 13.0. The van der Waals surface area contributed by atoms with Crippen molar-refractivity contribution in [2.24, 2.45) is 0 Å². The monoisotopic (exact) mass is 777 g/mol. The maximum absolute atomic E-state index is 5.26. The van der Waals surface area contributed by atoms with E-state index >= 15 is 0 Å². The summed E-state index contributed by atoms with van der Waals surface area (Å²) in [6, 6.07) is 68.2. The molecule has 11 aromatic rings. The van der Waals surface area contributed by atoms with Gasteiger partial charge in [-0.2, -0.15) is 0 Å². The lowest BCUT2D eigenvalue weighted by molar-refractivity contribution is 0.660. The van der Waals surface area contributed by atoms with Crippen molar-refractivity contribution >= 4 is 32.3 Å². The molecule has 0 fully saturated rings. The molecule has 0 amide bonds. The van der Waals surface area contributed by atoms with Crippen LogP contribution in [0.25, 0.3) is 111 Å². The molecule has 0 saturated heterocycles. The van der Waals surface area contributed by atoms with E-state index in [2.05, 4.69) is 201 Å². The number of hydrogen-bond acceptors (Lipinski definition) is 3. The minimum absolute atomic E-state index is 0.0545. The van der Waals surface area contributed by atoms with Crippen LogP contribution < -0.4 is 0 Å². The van der Waals surface area contributed by atoms with Gasteiger partial charge in [-0.15, -0.1) is 0 Å². The molecule has 3 nitrogen and oxygen atoms in total. The second-order valence-electron chi connectivity index (χ2n) is 16.8. The summed E-state index contributed by atoms with van der Waals surface area (Å²) >= 11 is 0. The van der Waals surface area contributed by atoms with Gasteiger partial charge in [-0.3, -0.25) is 4.98 Å². The Morgan fingerprint density at radius 2 is 0.951 bits per heavy atom. The zero-order valence-corrected chi connectivity index (χ0v) is 33.9. The SMILES string of the molecule is CC1(C)c2ccccc2-c2ccc(-c3ccc(-c4nc(-c5ccc(-c6ccc7ccc8cccc9ccc6c7c89)cc5)cc(-c5cccc(-c6cccnc6)c5)n4)cc3)cc21. The molecule has 3 heteroatoms. The minimum Gasteiger partial charge on any atom is -0.264 e. The summed E-state index contributed by atoms with van der Waals surface area (Å²) in [5, 5.41) is 7.75. The highest BCUT2D eigenvalue weighted by Crippen LogP contribution is 2.49. The van der Waals surface area contributed by atoms with Crippen molar-refractivity contribution in [2.75, 3.05) is 0 Å². The van der Waals surface area contributed by atoms with Crippen LogP contribution in [-0.4, -0.2) is 15.0 Å². The Bertz CT molecular complexity index is 3460. The Morgan fingerprint density at radius 1 is 0.361 bits per heavy atom. The van der Waals surface area contributed by atoms with Crippen molar-refractivity contribution in [3.05, 3.63) is 212 Å². The number of nitrogens with zero attached hydrogens (tertiary/aromatic N) is 3. The Morgan fingerprint density at radius 3 is 1.75 bits per heavy atom. The fourth-order valence-electron chi connectivity index (χ4n) is 9.77. The number of fused-ring (bicyclic) bond motifs is 3. The van der Waals surface area contributed by atoms with Crippen LogP contribution in [0.15, 0.2) is 200 Å². The fourth-order valence-corrected chi connectivity index (χ4v) is 9.77. The molecule has 2 heterocycles. The van der Waals surface area contributed by atoms with E-state index in [-0.39, 0.29) is 5.41 Å². The quantitative estimate of drug-likeness (QED) is 0.158. The molecular formula is C58H39N3. The maximum Gasteiger partial charge on any atom is 0.160 e. The third kappa shape index (κ3) is 5.77. The molecule has 61 heavy (non-hydrogen) atoms. The molecule has 2 aromatic heterocycles. The molecule has 0 unspecified atom stereocenters. The molecule has 0 aliphatic heterocycles. The van der Waals surface area contributed by atoms with Crippen LogP contribution in [0.2, 0.25) is 0 Å². The lowest BCUT2D eigenvalue weighted by Gasteiger charge is -2.22. The molecule has 12 rings (SSSR count). The highest BCUT2D eigenvalue weighted by Gasteiger charge is 2.35. The van der Waals surface area contributed by atoms with E-state index < -0.39 is 0 Å². The average molecular weight is 778 g/mol. The highest BCUT2D eigenvalue weighted by molar-refractivity contribution is 6.25. The summed E-state index contributed by atoms with van der Waals surface area (Å²) in [6.07, 6.45) is 3.71. The minimum atomic E-state index is -0.0545. The van der Waals surface area contributed by atoms with Gasteiger partial charge in [0.1, 0.15) is 0 Å². The van der Waals surface area contributed by atoms with Gasteiger partial charge in [0.2, 0.25) is 0 Å². The first kappa shape index (κ1) is 35.2. The number of aromatic nitrogens is 3. The molecule has 0 radical (unpaired) electrons. The van der Waals surface area contributed by atoms with Crippen LogP contribution in [0.4, 0.5) is 0 Å². The van der Waals surface area contributed by atoms with Crippen molar-refractivity contribution in [3.8, 4) is 78.4 Å². The first-order chi connectivity index (χ1) is 30.0. The normalized spacial score (nSPS) is 12.9. The standard InChI is InChI=1S/C58H39N3/c1-58(2)51-14-4-3-13-48(51)49-29-27-44(33-52(49)58)36-15-23-42(24-16-36)57-60-53(34-54(61-57)45-11-6-10-43(32-45)46-12-7-31-59-35-46)38-19-17-37(18-20-38)47-28-25-41-22-21-39-8-5-9-40-26-30-50(47)56(41)55(39)40/h3-35H,1-2H3.